The lowest BCUT2D eigenvalue weighted by Crippen LogP contribution is -2.40. The van der Waals surface area contributed by atoms with Gasteiger partial charge in [-0.25, -0.2) is 0 Å². The zero-order valence-corrected chi connectivity index (χ0v) is 10.1. The van der Waals surface area contributed by atoms with E-state index in [0.29, 0.717) is 6.54 Å². The van der Waals surface area contributed by atoms with E-state index in [-0.39, 0.29) is 11.5 Å². The molecule has 0 amide bonds. The maximum absolute atomic E-state index is 12.3. The summed E-state index contributed by atoms with van der Waals surface area (Å²) in [5.41, 5.74) is 0.147. The molecule has 0 aliphatic heterocycles. The molecule has 88 valence electrons. The molecule has 0 bridgehead atoms. The molecule has 0 saturated heterocycles. The van der Waals surface area contributed by atoms with E-state index in [2.05, 4.69) is 15.9 Å². The second-order valence-electron chi connectivity index (χ2n) is 4.88. The van der Waals surface area contributed by atoms with Gasteiger partial charge in [0.05, 0.1) is 6.54 Å². The summed E-state index contributed by atoms with van der Waals surface area (Å²) in [5, 5.41) is 0.834. The highest BCUT2D eigenvalue weighted by atomic mass is 79.9. The predicted molar refractivity (Wildman–Crippen MR) is 56.1 cm³/mol. The predicted octanol–water partition coefficient (Wildman–Crippen LogP) is 3.19. The van der Waals surface area contributed by atoms with E-state index in [1.807, 2.05) is 0 Å². The summed E-state index contributed by atoms with van der Waals surface area (Å²) in [4.78, 5) is 1.63. The molecule has 5 heteroatoms. The minimum Gasteiger partial charge on any atom is -0.291 e. The number of hydrogen-bond acceptors (Lipinski definition) is 1. The lowest BCUT2D eigenvalue weighted by Gasteiger charge is -2.27. The topological polar surface area (TPSA) is 3.24 Å². The fourth-order valence-electron chi connectivity index (χ4n) is 1.93. The van der Waals surface area contributed by atoms with Gasteiger partial charge in [0.15, 0.2) is 0 Å². The molecule has 0 radical (unpaired) electrons. The Bertz CT molecular complexity index is 233. The number of nitrogens with zero attached hydrogens (tertiary/aromatic N) is 1. The molecular weight excluding hydrogens is 271 g/mol. The third-order valence-electron chi connectivity index (χ3n) is 3.22. The first-order chi connectivity index (χ1) is 6.94. The standard InChI is InChI=1S/C10H15BrF3N/c11-5-9(3-4-9)6-15(8-1-2-8)7-10(12,13)14/h8H,1-7H2. The molecule has 0 atom stereocenters. The van der Waals surface area contributed by atoms with Crippen molar-refractivity contribution in [1.82, 2.24) is 4.90 Å². The fourth-order valence-corrected chi connectivity index (χ4v) is 2.66. The van der Waals surface area contributed by atoms with Crippen molar-refractivity contribution in [2.24, 2.45) is 5.41 Å². The van der Waals surface area contributed by atoms with Gasteiger partial charge < -0.3 is 0 Å². The smallest absolute Gasteiger partial charge is 0.291 e. The highest BCUT2D eigenvalue weighted by Gasteiger charge is 2.47. The molecule has 2 aliphatic carbocycles. The number of rotatable bonds is 5. The maximum atomic E-state index is 12.3. The van der Waals surface area contributed by atoms with Gasteiger partial charge in [0.2, 0.25) is 0 Å². The van der Waals surface area contributed by atoms with Gasteiger partial charge in [-0.1, -0.05) is 15.9 Å². The van der Waals surface area contributed by atoms with Crippen LogP contribution in [0.2, 0.25) is 0 Å². The molecule has 0 spiro atoms. The first-order valence-electron chi connectivity index (χ1n) is 5.31. The van der Waals surface area contributed by atoms with Crippen molar-refractivity contribution in [3.05, 3.63) is 0 Å². The van der Waals surface area contributed by atoms with Gasteiger partial charge in [0.25, 0.3) is 0 Å². The monoisotopic (exact) mass is 285 g/mol. The van der Waals surface area contributed by atoms with Gasteiger partial charge in [-0.3, -0.25) is 4.90 Å². The fraction of sp³-hybridized carbons (Fsp3) is 1.00. The summed E-state index contributed by atoms with van der Waals surface area (Å²) in [6, 6.07) is 0.197. The van der Waals surface area contributed by atoms with Gasteiger partial charge in [0.1, 0.15) is 0 Å². The van der Waals surface area contributed by atoms with Crippen molar-refractivity contribution in [1.29, 1.82) is 0 Å². The first kappa shape index (κ1) is 11.7. The summed E-state index contributed by atoms with van der Waals surface area (Å²) in [6.45, 7) is -0.116. The summed E-state index contributed by atoms with van der Waals surface area (Å²) >= 11 is 3.40. The molecule has 0 aromatic heterocycles. The van der Waals surface area contributed by atoms with E-state index in [1.165, 1.54) is 0 Å². The Hall–Kier alpha value is 0.230. The molecule has 0 unspecified atom stereocenters. The van der Waals surface area contributed by atoms with Crippen LogP contribution in [0.3, 0.4) is 0 Å². The summed E-state index contributed by atoms with van der Waals surface area (Å²) in [5.74, 6) is 0. The van der Waals surface area contributed by atoms with Gasteiger partial charge in [-0.05, 0) is 31.1 Å². The molecule has 0 heterocycles. The highest BCUT2D eigenvalue weighted by molar-refractivity contribution is 9.09. The average molecular weight is 286 g/mol. The SMILES string of the molecule is FC(F)(F)CN(CC1(CBr)CC1)C1CC1. The van der Waals surface area contributed by atoms with Gasteiger partial charge in [0, 0.05) is 17.9 Å². The Morgan fingerprint density at radius 3 is 2.20 bits per heavy atom. The molecule has 0 aromatic rings. The van der Waals surface area contributed by atoms with Crippen molar-refractivity contribution in [2.75, 3.05) is 18.4 Å². The molecule has 2 rings (SSSR count). The van der Waals surface area contributed by atoms with Crippen LogP contribution in [0.4, 0.5) is 13.2 Å². The number of halogens is 4. The maximum Gasteiger partial charge on any atom is 0.401 e. The molecule has 2 fully saturated rings. The Morgan fingerprint density at radius 1 is 1.27 bits per heavy atom. The van der Waals surface area contributed by atoms with E-state index in [9.17, 15) is 13.2 Å². The minimum atomic E-state index is -4.05. The van der Waals surface area contributed by atoms with Crippen LogP contribution >= 0.6 is 15.9 Å². The van der Waals surface area contributed by atoms with Crippen molar-refractivity contribution < 1.29 is 13.2 Å². The molecule has 1 nitrogen and oxygen atoms in total. The van der Waals surface area contributed by atoms with Crippen LogP contribution in [-0.2, 0) is 0 Å². The second kappa shape index (κ2) is 3.91. The van der Waals surface area contributed by atoms with Crippen LogP contribution < -0.4 is 0 Å². The zero-order valence-electron chi connectivity index (χ0n) is 8.49. The van der Waals surface area contributed by atoms with E-state index >= 15 is 0 Å². The Kier molecular flexibility index (Phi) is 3.05. The third-order valence-corrected chi connectivity index (χ3v) is 4.41. The van der Waals surface area contributed by atoms with Crippen LogP contribution in [0.5, 0.6) is 0 Å². The van der Waals surface area contributed by atoms with Crippen LogP contribution in [0.15, 0.2) is 0 Å². The van der Waals surface area contributed by atoms with Crippen molar-refractivity contribution in [2.45, 2.75) is 37.9 Å². The number of alkyl halides is 4. The van der Waals surface area contributed by atoms with Crippen LogP contribution in [-0.4, -0.2) is 35.5 Å². The average Bonchev–Trinajstić information content (AvgIpc) is 2.98. The quantitative estimate of drug-likeness (QED) is 0.702. The molecule has 0 aromatic carbocycles. The lowest BCUT2D eigenvalue weighted by atomic mass is 10.1. The molecule has 0 N–H and O–H groups in total. The third kappa shape index (κ3) is 3.34. The van der Waals surface area contributed by atoms with Crippen molar-refractivity contribution >= 4 is 15.9 Å². The Morgan fingerprint density at radius 2 is 1.87 bits per heavy atom. The summed E-state index contributed by atoms with van der Waals surface area (Å²) in [7, 11) is 0. The van der Waals surface area contributed by atoms with Crippen LogP contribution in [0.1, 0.15) is 25.7 Å². The summed E-state index contributed by atoms with van der Waals surface area (Å²) < 4.78 is 37.0. The molecule has 2 aliphatic rings. The molecule has 2 saturated carbocycles. The number of hydrogen-bond donors (Lipinski definition) is 0. The molecule has 15 heavy (non-hydrogen) atoms. The van der Waals surface area contributed by atoms with Crippen LogP contribution in [0.25, 0.3) is 0 Å². The first-order valence-corrected chi connectivity index (χ1v) is 6.43. The minimum absolute atomic E-state index is 0.147. The lowest BCUT2D eigenvalue weighted by molar-refractivity contribution is -0.148. The van der Waals surface area contributed by atoms with E-state index < -0.39 is 12.7 Å². The van der Waals surface area contributed by atoms with E-state index in [1.54, 1.807) is 4.90 Å². The van der Waals surface area contributed by atoms with Crippen molar-refractivity contribution in [3.63, 3.8) is 0 Å². The van der Waals surface area contributed by atoms with Crippen molar-refractivity contribution in [3.8, 4) is 0 Å². The van der Waals surface area contributed by atoms with E-state index in [0.717, 1.165) is 31.0 Å². The highest BCUT2D eigenvalue weighted by Crippen LogP contribution is 2.49. The normalized spacial score (nSPS) is 24.6. The van der Waals surface area contributed by atoms with E-state index in [4.69, 9.17) is 0 Å². The second-order valence-corrected chi connectivity index (χ2v) is 5.45. The Labute approximate surface area is 96.1 Å². The van der Waals surface area contributed by atoms with Crippen LogP contribution in [0, 0.1) is 5.41 Å². The van der Waals surface area contributed by atoms with Gasteiger partial charge in [-0.15, -0.1) is 0 Å². The zero-order chi connectivity index (χ0) is 11.1. The van der Waals surface area contributed by atoms with Gasteiger partial charge >= 0.3 is 6.18 Å². The largest absolute Gasteiger partial charge is 0.401 e. The molecular formula is C10H15BrF3N. The Balaban J connectivity index is 1.89. The summed E-state index contributed by atoms with van der Waals surface area (Å²) in [6.07, 6.45) is -0.0352. The van der Waals surface area contributed by atoms with Gasteiger partial charge in [-0.2, -0.15) is 13.2 Å².